The number of alkyl halides is 1. The van der Waals surface area contributed by atoms with E-state index < -0.39 is 0 Å². The van der Waals surface area contributed by atoms with Gasteiger partial charge >= 0.3 is 0 Å². The molecule has 78 valence electrons. The summed E-state index contributed by atoms with van der Waals surface area (Å²) in [5, 5.41) is 0.675. The Morgan fingerprint density at radius 2 is 2.14 bits per heavy atom. The molecule has 0 spiro atoms. The molecule has 14 heavy (non-hydrogen) atoms. The third-order valence-electron chi connectivity index (χ3n) is 1.80. The van der Waals surface area contributed by atoms with E-state index in [1.54, 1.807) is 6.07 Å². The summed E-state index contributed by atoms with van der Waals surface area (Å²) in [5.41, 5.74) is 0.871. The number of hydrogen-bond acceptors (Lipinski definition) is 1. The first-order chi connectivity index (χ1) is 6.63. The summed E-state index contributed by atoms with van der Waals surface area (Å²) in [6.45, 7) is 3.93. The van der Waals surface area contributed by atoms with Gasteiger partial charge in [-0.3, -0.25) is 0 Å². The topological polar surface area (TPSA) is 9.23 Å². The van der Waals surface area contributed by atoms with E-state index in [0.29, 0.717) is 5.33 Å². The molecule has 1 aromatic carbocycles. The smallest absolute Gasteiger partial charge is 0.123 e. The molecule has 0 heterocycles. The molecule has 0 aromatic heterocycles. The summed E-state index contributed by atoms with van der Waals surface area (Å²) in [4.78, 5) is 0. The normalized spacial score (nSPS) is 13.2. The fourth-order valence-corrected chi connectivity index (χ4v) is 1.77. The third kappa shape index (κ3) is 3.39. The van der Waals surface area contributed by atoms with Crippen LogP contribution in [0, 0.1) is 5.82 Å². The van der Waals surface area contributed by atoms with Gasteiger partial charge in [0, 0.05) is 5.33 Å². The predicted octanol–water partition coefficient (Wildman–Crippen LogP) is 3.69. The molecule has 0 amide bonds. The molecule has 1 aromatic rings. The van der Waals surface area contributed by atoms with E-state index in [1.165, 1.54) is 12.1 Å². The van der Waals surface area contributed by atoms with Gasteiger partial charge in [0.25, 0.3) is 0 Å². The summed E-state index contributed by atoms with van der Waals surface area (Å²) in [5.74, 6) is -0.221. The molecular weight excluding hydrogens is 247 g/mol. The average molecular weight is 261 g/mol. The first kappa shape index (κ1) is 11.7. The largest absolute Gasteiger partial charge is 0.370 e. The maximum atomic E-state index is 12.9. The Balaban J connectivity index is 2.78. The highest BCUT2D eigenvalue weighted by Crippen LogP contribution is 2.21. The molecule has 0 radical (unpaired) electrons. The van der Waals surface area contributed by atoms with Crippen molar-refractivity contribution in [3.63, 3.8) is 0 Å². The van der Waals surface area contributed by atoms with Crippen LogP contribution in [-0.4, -0.2) is 11.4 Å². The van der Waals surface area contributed by atoms with Gasteiger partial charge in [0.1, 0.15) is 5.82 Å². The van der Waals surface area contributed by atoms with Crippen molar-refractivity contribution in [3.05, 3.63) is 35.6 Å². The Morgan fingerprint density at radius 1 is 1.43 bits per heavy atom. The van der Waals surface area contributed by atoms with Crippen LogP contribution in [0.3, 0.4) is 0 Å². The molecule has 1 atom stereocenters. The number of rotatable bonds is 4. The van der Waals surface area contributed by atoms with Gasteiger partial charge in [0.15, 0.2) is 0 Å². The summed E-state index contributed by atoms with van der Waals surface area (Å²) in [7, 11) is 0. The summed E-state index contributed by atoms with van der Waals surface area (Å²) in [6.07, 6.45) is 0.0616. The van der Waals surface area contributed by atoms with Gasteiger partial charge in [0.05, 0.1) is 12.2 Å². The molecule has 0 N–H and O–H groups in total. The lowest BCUT2D eigenvalue weighted by Gasteiger charge is -2.18. The van der Waals surface area contributed by atoms with Gasteiger partial charge in [-0.2, -0.15) is 0 Å². The SMILES string of the molecule is CC(C)OC(CBr)c1cccc(F)c1. The molecule has 0 fully saturated rings. The van der Waals surface area contributed by atoms with Crippen LogP contribution in [0.2, 0.25) is 0 Å². The van der Waals surface area contributed by atoms with Crippen LogP contribution in [0.25, 0.3) is 0 Å². The Kier molecular flexibility index (Phi) is 4.55. The van der Waals surface area contributed by atoms with Crippen molar-refractivity contribution < 1.29 is 9.13 Å². The summed E-state index contributed by atoms with van der Waals surface area (Å²) in [6, 6.07) is 6.51. The minimum Gasteiger partial charge on any atom is -0.370 e. The second kappa shape index (κ2) is 5.47. The Bertz CT molecular complexity index is 288. The average Bonchev–Trinajstić information content (AvgIpc) is 2.14. The van der Waals surface area contributed by atoms with Crippen LogP contribution < -0.4 is 0 Å². The van der Waals surface area contributed by atoms with Crippen LogP contribution in [0.5, 0.6) is 0 Å². The van der Waals surface area contributed by atoms with E-state index in [0.717, 1.165) is 5.56 Å². The summed E-state index contributed by atoms with van der Waals surface area (Å²) >= 11 is 3.36. The third-order valence-corrected chi connectivity index (χ3v) is 2.39. The Hall–Kier alpha value is -0.410. The van der Waals surface area contributed by atoms with Crippen molar-refractivity contribution >= 4 is 15.9 Å². The van der Waals surface area contributed by atoms with Crippen molar-refractivity contribution in [3.8, 4) is 0 Å². The second-order valence-corrected chi connectivity index (χ2v) is 4.03. The molecule has 0 saturated heterocycles. The quantitative estimate of drug-likeness (QED) is 0.751. The van der Waals surface area contributed by atoms with Crippen molar-refractivity contribution in [2.24, 2.45) is 0 Å². The first-order valence-electron chi connectivity index (χ1n) is 4.60. The van der Waals surface area contributed by atoms with Crippen LogP contribution in [0.1, 0.15) is 25.5 Å². The lowest BCUT2D eigenvalue weighted by atomic mass is 10.1. The molecule has 1 rings (SSSR count). The van der Waals surface area contributed by atoms with Crippen LogP contribution in [-0.2, 0) is 4.74 Å². The monoisotopic (exact) mass is 260 g/mol. The van der Waals surface area contributed by atoms with Gasteiger partial charge in [-0.25, -0.2) is 4.39 Å². The first-order valence-corrected chi connectivity index (χ1v) is 5.72. The van der Waals surface area contributed by atoms with Gasteiger partial charge in [-0.15, -0.1) is 0 Å². The van der Waals surface area contributed by atoms with E-state index in [2.05, 4.69) is 15.9 Å². The van der Waals surface area contributed by atoms with E-state index >= 15 is 0 Å². The highest BCUT2D eigenvalue weighted by atomic mass is 79.9. The molecule has 1 unspecified atom stereocenters. The van der Waals surface area contributed by atoms with E-state index in [4.69, 9.17) is 4.74 Å². The molecular formula is C11H14BrFO. The Labute approximate surface area is 92.4 Å². The molecule has 0 aliphatic rings. The molecule has 1 nitrogen and oxygen atoms in total. The number of hydrogen-bond donors (Lipinski definition) is 0. The zero-order valence-corrected chi connectivity index (χ0v) is 9.92. The maximum Gasteiger partial charge on any atom is 0.123 e. The van der Waals surface area contributed by atoms with E-state index in [1.807, 2.05) is 19.9 Å². The van der Waals surface area contributed by atoms with E-state index in [-0.39, 0.29) is 18.0 Å². The maximum absolute atomic E-state index is 12.9. The minimum absolute atomic E-state index is 0.0781. The highest BCUT2D eigenvalue weighted by molar-refractivity contribution is 9.09. The lowest BCUT2D eigenvalue weighted by Crippen LogP contribution is -2.11. The highest BCUT2D eigenvalue weighted by Gasteiger charge is 2.12. The fraction of sp³-hybridized carbons (Fsp3) is 0.455. The van der Waals surface area contributed by atoms with Gasteiger partial charge in [0.2, 0.25) is 0 Å². The standard InChI is InChI=1S/C11H14BrFO/c1-8(2)14-11(7-12)9-4-3-5-10(13)6-9/h3-6,8,11H,7H2,1-2H3. The Morgan fingerprint density at radius 3 is 2.64 bits per heavy atom. The van der Waals surface area contributed by atoms with E-state index in [9.17, 15) is 4.39 Å². The number of ether oxygens (including phenoxy) is 1. The molecule has 0 bridgehead atoms. The van der Waals surface area contributed by atoms with Crippen LogP contribution in [0.4, 0.5) is 4.39 Å². The number of benzene rings is 1. The molecule has 0 aliphatic heterocycles. The predicted molar refractivity (Wildman–Crippen MR) is 59.2 cm³/mol. The van der Waals surface area contributed by atoms with Crippen molar-refractivity contribution in [2.45, 2.75) is 26.1 Å². The summed E-state index contributed by atoms with van der Waals surface area (Å²) < 4.78 is 18.6. The lowest BCUT2D eigenvalue weighted by molar-refractivity contribution is 0.0212. The second-order valence-electron chi connectivity index (χ2n) is 3.38. The van der Waals surface area contributed by atoms with Crippen LogP contribution in [0.15, 0.2) is 24.3 Å². The zero-order valence-electron chi connectivity index (χ0n) is 8.34. The minimum atomic E-state index is -0.221. The van der Waals surface area contributed by atoms with Crippen LogP contribution >= 0.6 is 15.9 Å². The number of halogens is 2. The fourth-order valence-electron chi connectivity index (χ4n) is 1.24. The van der Waals surface area contributed by atoms with Crippen molar-refractivity contribution in [1.29, 1.82) is 0 Å². The van der Waals surface area contributed by atoms with Gasteiger partial charge < -0.3 is 4.74 Å². The zero-order chi connectivity index (χ0) is 10.6. The van der Waals surface area contributed by atoms with Crippen molar-refractivity contribution in [2.75, 3.05) is 5.33 Å². The molecule has 3 heteroatoms. The van der Waals surface area contributed by atoms with Gasteiger partial charge in [-0.1, -0.05) is 28.1 Å². The molecule has 0 saturated carbocycles. The van der Waals surface area contributed by atoms with Gasteiger partial charge in [-0.05, 0) is 31.5 Å². The van der Waals surface area contributed by atoms with Crippen molar-refractivity contribution in [1.82, 2.24) is 0 Å². The molecule has 0 aliphatic carbocycles.